The van der Waals surface area contributed by atoms with Crippen LogP contribution in [0.2, 0.25) is 0 Å². The molecule has 4 rings (SSSR count). The lowest BCUT2D eigenvalue weighted by molar-refractivity contribution is 0.0742. The van der Waals surface area contributed by atoms with E-state index >= 15 is 0 Å². The minimum atomic E-state index is -0.634. The molecule has 0 atom stereocenters. The highest BCUT2D eigenvalue weighted by Gasteiger charge is 2.27. The van der Waals surface area contributed by atoms with Crippen LogP contribution in [0.1, 0.15) is 15.9 Å². The normalized spacial score (nSPS) is 16.0. The van der Waals surface area contributed by atoms with E-state index in [-0.39, 0.29) is 18.1 Å². The molecule has 8 heteroatoms. The van der Waals surface area contributed by atoms with Crippen molar-refractivity contribution in [2.24, 2.45) is 0 Å². The maximum Gasteiger partial charge on any atom is 0.414 e. The van der Waals surface area contributed by atoms with Crippen molar-refractivity contribution in [3.63, 3.8) is 0 Å². The van der Waals surface area contributed by atoms with E-state index in [4.69, 9.17) is 4.74 Å². The van der Waals surface area contributed by atoms with E-state index in [1.165, 1.54) is 17.0 Å². The Morgan fingerprint density at radius 3 is 2.40 bits per heavy atom. The third-order valence-electron chi connectivity index (χ3n) is 5.04. The van der Waals surface area contributed by atoms with Crippen molar-refractivity contribution in [3.05, 3.63) is 53.5 Å². The first kappa shape index (κ1) is 21.1. The van der Waals surface area contributed by atoms with Gasteiger partial charge in [-0.2, -0.15) is 0 Å². The molecule has 1 aromatic heterocycles. The van der Waals surface area contributed by atoms with Crippen LogP contribution in [0.4, 0.5) is 20.7 Å². The Bertz CT molecular complexity index is 937. The number of amides is 2. The van der Waals surface area contributed by atoms with Crippen molar-refractivity contribution in [2.45, 2.75) is 6.92 Å². The van der Waals surface area contributed by atoms with Crippen LogP contribution in [0.3, 0.4) is 0 Å². The number of pyridine rings is 1. The largest absolute Gasteiger partial charge is 0.447 e. The number of nitrogens with zero attached hydrogens (tertiary/aromatic N) is 4. The van der Waals surface area contributed by atoms with Crippen LogP contribution < -0.4 is 9.80 Å². The van der Waals surface area contributed by atoms with Crippen molar-refractivity contribution in [2.75, 3.05) is 49.1 Å². The van der Waals surface area contributed by atoms with E-state index in [9.17, 15) is 14.0 Å². The quantitative estimate of drug-likeness (QED) is 0.728. The summed E-state index contributed by atoms with van der Waals surface area (Å²) >= 11 is 0. The molecule has 0 saturated carbocycles. The van der Waals surface area contributed by atoms with Gasteiger partial charge in [0.15, 0.2) is 0 Å². The second kappa shape index (κ2) is 9.27. The Morgan fingerprint density at radius 1 is 1.10 bits per heavy atom. The van der Waals surface area contributed by atoms with E-state index in [0.29, 0.717) is 38.4 Å². The molecular weight excluding hydrogens is 387 g/mol. The molecule has 0 N–H and O–H groups in total. The van der Waals surface area contributed by atoms with E-state index in [2.05, 4.69) is 22.7 Å². The average Bonchev–Trinajstić information content (AvgIpc) is 3.21. The van der Waals surface area contributed by atoms with Crippen LogP contribution in [0, 0.1) is 25.6 Å². The van der Waals surface area contributed by atoms with Crippen LogP contribution in [-0.4, -0.2) is 61.2 Å². The summed E-state index contributed by atoms with van der Waals surface area (Å²) in [5, 5.41) is 0. The van der Waals surface area contributed by atoms with Gasteiger partial charge in [0, 0.05) is 32.4 Å². The number of carbonyl (C=O) groups excluding carboxylic acids is 2. The standard InChI is InChI=1S/C20H21FN4O3.C2H2/c1-14-2-5-18(22-13-14)23-6-8-24(9-7-23)19(26)16-4-3-15(12-17(16)21)25-10-11-28-20(25)27;1-2/h2-5,12-13H,6-11H2,1H3;1-2H. The second-order valence-corrected chi connectivity index (χ2v) is 6.90. The zero-order chi connectivity index (χ0) is 21.7. The highest BCUT2D eigenvalue weighted by molar-refractivity contribution is 5.96. The van der Waals surface area contributed by atoms with Gasteiger partial charge in [-0.25, -0.2) is 14.2 Å². The molecule has 3 heterocycles. The number of rotatable bonds is 3. The lowest BCUT2D eigenvalue weighted by atomic mass is 10.1. The first-order chi connectivity index (χ1) is 14.5. The molecule has 0 bridgehead atoms. The molecule has 0 unspecified atom stereocenters. The van der Waals surface area contributed by atoms with Crippen molar-refractivity contribution in [1.82, 2.24) is 9.88 Å². The molecule has 2 aliphatic rings. The van der Waals surface area contributed by atoms with Crippen molar-refractivity contribution >= 4 is 23.5 Å². The predicted molar refractivity (Wildman–Crippen MR) is 112 cm³/mol. The van der Waals surface area contributed by atoms with Gasteiger partial charge in [-0.3, -0.25) is 9.69 Å². The number of aromatic nitrogens is 1. The molecule has 2 amide bonds. The van der Waals surface area contributed by atoms with Gasteiger partial charge in [-0.1, -0.05) is 6.07 Å². The monoisotopic (exact) mass is 410 g/mol. The number of halogens is 1. The van der Waals surface area contributed by atoms with E-state index in [0.717, 1.165) is 11.4 Å². The smallest absolute Gasteiger partial charge is 0.414 e. The number of cyclic esters (lactones) is 1. The molecule has 2 aromatic rings. The predicted octanol–water partition coefficient (Wildman–Crippen LogP) is 2.70. The maximum atomic E-state index is 14.6. The molecule has 2 aliphatic heterocycles. The van der Waals surface area contributed by atoms with Crippen LogP contribution >= 0.6 is 0 Å². The molecule has 0 aliphatic carbocycles. The van der Waals surface area contributed by atoms with Gasteiger partial charge in [0.25, 0.3) is 5.91 Å². The van der Waals surface area contributed by atoms with Crippen LogP contribution in [0.25, 0.3) is 0 Å². The number of hydrogen-bond donors (Lipinski definition) is 0. The molecule has 1 aromatic carbocycles. The van der Waals surface area contributed by atoms with Gasteiger partial charge in [0.2, 0.25) is 0 Å². The zero-order valence-corrected chi connectivity index (χ0v) is 16.8. The summed E-state index contributed by atoms with van der Waals surface area (Å²) in [7, 11) is 0. The third kappa shape index (κ3) is 4.35. The summed E-state index contributed by atoms with van der Waals surface area (Å²) in [6.45, 7) is 4.91. The molecular formula is C22H23FN4O3. The Hall–Kier alpha value is -3.60. The van der Waals surface area contributed by atoms with Crippen molar-refractivity contribution in [3.8, 4) is 12.8 Å². The van der Waals surface area contributed by atoms with Crippen molar-refractivity contribution < 1.29 is 18.7 Å². The summed E-state index contributed by atoms with van der Waals surface area (Å²) in [6, 6.07) is 8.20. The average molecular weight is 410 g/mol. The van der Waals surface area contributed by atoms with Crippen LogP contribution in [-0.2, 0) is 4.74 Å². The van der Waals surface area contributed by atoms with Gasteiger partial charge in [-0.15, -0.1) is 12.8 Å². The lowest BCUT2D eigenvalue weighted by Gasteiger charge is -2.35. The first-order valence-corrected chi connectivity index (χ1v) is 9.57. The number of anilines is 2. The molecule has 0 radical (unpaired) electrons. The number of benzene rings is 1. The summed E-state index contributed by atoms with van der Waals surface area (Å²) in [5.74, 6) is -0.0971. The highest BCUT2D eigenvalue weighted by atomic mass is 19.1. The summed E-state index contributed by atoms with van der Waals surface area (Å²) < 4.78 is 19.4. The summed E-state index contributed by atoms with van der Waals surface area (Å²) in [6.07, 6.45) is 9.32. The molecule has 2 saturated heterocycles. The van der Waals surface area contributed by atoms with Gasteiger partial charge in [-0.05, 0) is 36.8 Å². The number of piperazine rings is 1. The maximum absolute atomic E-state index is 14.6. The lowest BCUT2D eigenvalue weighted by Crippen LogP contribution is -2.49. The number of terminal acetylenes is 1. The fourth-order valence-corrected chi connectivity index (χ4v) is 3.43. The fraction of sp³-hybridized carbons (Fsp3) is 0.318. The number of aryl methyl sites for hydroxylation is 1. The van der Waals surface area contributed by atoms with Gasteiger partial charge in [0.1, 0.15) is 18.2 Å². The van der Waals surface area contributed by atoms with Gasteiger partial charge >= 0.3 is 6.09 Å². The third-order valence-corrected chi connectivity index (χ3v) is 5.04. The SMILES string of the molecule is C#C.Cc1ccc(N2CCN(C(=O)c3ccc(N4CCOC4=O)cc3F)CC2)nc1. The van der Waals surface area contributed by atoms with Crippen LogP contribution in [0.15, 0.2) is 36.5 Å². The van der Waals surface area contributed by atoms with Crippen LogP contribution in [0.5, 0.6) is 0 Å². The molecule has 30 heavy (non-hydrogen) atoms. The molecule has 2 fully saturated rings. The Balaban J connectivity index is 0.00000124. The molecule has 156 valence electrons. The number of carbonyl (C=O) groups is 2. The van der Waals surface area contributed by atoms with E-state index in [1.54, 1.807) is 11.0 Å². The number of ether oxygens (including phenoxy) is 1. The number of hydrogen-bond acceptors (Lipinski definition) is 5. The minimum Gasteiger partial charge on any atom is -0.447 e. The Kier molecular flexibility index (Phi) is 6.52. The first-order valence-electron chi connectivity index (χ1n) is 9.57. The van der Waals surface area contributed by atoms with Crippen molar-refractivity contribution in [1.29, 1.82) is 0 Å². The van der Waals surface area contributed by atoms with Gasteiger partial charge < -0.3 is 14.5 Å². The summed E-state index contributed by atoms with van der Waals surface area (Å²) in [4.78, 5) is 33.9. The second-order valence-electron chi connectivity index (χ2n) is 6.90. The van der Waals surface area contributed by atoms with Gasteiger partial charge in [0.05, 0.1) is 17.8 Å². The molecule has 7 nitrogen and oxygen atoms in total. The highest BCUT2D eigenvalue weighted by Crippen LogP contribution is 2.23. The van der Waals surface area contributed by atoms with E-state index in [1.807, 2.05) is 25.3 Å². The Morgan fingerprint density at radius 2 is 1.83 bits per heavy atom. The zero-order valence-electron chi connectivity index (χ0n) is 16.8. The fourth-order valence-electron chi connectivity index (χ4n) is 3.43. The minimum absolute atomic E-state index is 0.0122. The molecule has 0 spiro atoms. The topological polar surface area (TPSA) is 66.0 Å². The summed E-state index contributed by atoms with van der Waals surface area (Å²) in [5.41, 5.74) is 1.50. The van der Waals surface area contributed by atoms with E-state index < -0.39 is 11.9 Å². The Labute approximate surface area is 175 Å².